The second kappa shape index (κ2) is 4.93. The minimum Gasteiger partial charge on any atom is -0.270 e. The summed E-state index contributed by atoms with van der Waals surface area (Å²) in [6, 6.07) is 3.27. The maximum atomic E-state index is 13.0. The molecule has 1 unspecified atom stereocenters. The predicted molar refractivity (Wildman–Crippen MR) is 47.2 cm³/mol. The first-order chi connectivity index (χ1) is 5.97. The topological polar surface area (TPSA) is 47.6 Å². The van der Waals surface area contributed by atoms with E-state index in [1.165, 1.54) is 0 Å². The fourth-order valence-corrected chi connectivity index (χ4v) is 2.76. The SMILES string of the molecule is CCCC(C(C#N)C#N)[Si](C)(F)F. The monoisotopic (exact) mass is 202 g/mol. The predicted octanol–water partition coefficient (Wildman–Crippen LogP) is 2.83. The average molecular weight is 202 g/mol. The third-order valence-corrected chi connectivity index (χ3v) is 3.86. The van der Waals surface area contributed by atoms with Gasteiger partial charge in [0.15, 0.2) is 0 Å². The van der Waals surface area contributed by atoms with E-state index in [1.54, 1.807) is 19.1 Å². The molecule has 0 spiro atoms. The Morgan fingerprint density at radius 3 is 2.00 bits per heavy atom. The standard InChI is InChI=1S/C8H12F2N2Si/c1-3-4-8(13(2,9)10)7(5-11)6-12/h7-8H,3-4H2,1-2H3. The van der Waals surface area contributed by atoms with Crippen molar-refractivity contribution in [2.24, 2.45) is 5.92 Å². The molecule has 5 heteroatoms. The highest BCUT2D eigenvalue weighted by atomic mass is 28.4. The first-order valence-electron chi connectivity index (χ1n) is 4.14. The van der Waals surface area contributed by atoms with Crippen molar-refractivity contribution < 1.29 is 8.22 Å². The summed E-state index contributed by atoms with van der Waals surface area (Å²) in [6.45, 7) is 2.67. The van der Waals surface area contributed by atoms with Crippen LogP contribution in [0.3, 0.4) is 0 Å². The lowest BCUT2D eigenvalue weighted by molar-refractivity contribution is 0.503. The van der Waals surface area contributed by atoms with Gasteiger partial charge in [0.25, 0.3) is 0 Å². The fourth-order valence-electron chi connectivity index (χ4n) is 1.23. The lowest BCUT2D eigenvalue weighted by Crippen LogP contribution is -2.30. The van der Waals surface area contributed by atoms with Gasteiger partial charge in [-0.2, -0.15) is 10.5 Å². The normalized spacial score (nSPS) is 13.5. The van der Waals surface area contributed by atoms with Crippen LogP contribution in [0.25, 0.3) is 0 Å². The van der Waals surface area contributed by atoms with Gasteiger partial charge in [-0.1, -0.05) is 13.3 Å². The lowest BCUT2D eigenvalue weighted by Gasteiger charge is -2.20. The van der Waals surface area contributed by atoms with Crippen LogP contribution in [0.4, 0.5) is 8.22 Å². The summed E-state index contributed by atoms with van der Waals surface area (Å²) < 4.78 is 26.1. The molecule has 13 heavy (non-hydrogen) atoms. The van der Waals surface area contributed by atoms with Crippen LogP contribution in [-0.4, -0.2) is 8.74 Å². The van der Waals surface area contributed by atoms with Gasteiger partial charge in [0, 0.05) is 5.54 Å². The van der Waals surface area contributed by atoms with E-state index in [4.69, 9.17) is 10.5 Å². The van der Waals surface area contributed by atoms with E-state index in [2.05, 4.69) is 0 Å². The van der Waals surface area contributed by atoms with Crippen molar-refractivity contribution in [3.8, 4) is 12.1 Å². The molecule has 0 bridgehead atoms. The van der Waals surface area contributed by atoms with Crippen molar-refractivity contribution in [3.05, 3.63) is 0 Å². The Kier molecular flexibility index (Phi) is 4.57. The van der Waals surface area contributed by atoms with E-state index in [1.807, 2.05) is 0 Å². The summed E-state index contributed by atoms with van der Waals surface area (Å²) in [5.41, 5.74) is -1.01. The molecule has 0 rings (SSSR count). The van der Waals surface area contributed by atoms with Crippen LogP contribution < -0.4 is 0 Å². The van der Waals surface area contributed by atoms with Crippen molar-refractivity contribution >= 4 is 8.74 Å². The van der Waals surface area contributed by atoms with Crippen molar-refractivity contribution in [1.82, 2.24) is 0 Å². The average Bonchev–Trinajstić information content (AvgIpc) is 2.03. The van der Waals surface area contributed by atoms with E-state index in [0.29, 0.717) is 6.42 Å². The molecule has 2 nitrogen and oxygen atoms in total. The van der Waals surface area contributed by atoms with E-state index in [9.17, 15) is 8.22 Å². The van der Waals surface area contributed by atoms with Crippen LogP contribution in [0.15, 0.2) is 0 Å². The smallest absolute Gasteiger partial charge is 0.270 e. The van der Waals surface area contributed by atoms with E-state index in [0.717, 1.165) is 6.55 Å². The van der Waals surface area contributed by atoms with Crippen LogP contribution in [0.1, 0.15) is 19.8 Å². The molecule has 0 aliphatic carbocycles. The second-order valence-electron chi connectivity index (χ2n) is 3.09. The zero-order valence-corrected chi connectivity index (χ0v) is 8.72. The minimum atomic E-state index is -4.36. The van der Waals surface area contributed by atoms with Gasteiger partial charge in [-0.25, -0.2) is 0 Å². The molecular formula is C8H12F2N2Si. The molecule has 72 valence electrons. The highest BCUT2D eigenvalue weighted by Crippen LogP contribution is 2.35. The summed E-state index contributed by atoms with van der Waals surface area (Å²) in [4.78, 5) is 0. The zero-order chi connectivity index (χ0) is 10.5. The molecule has 0 saturated carbocycles. The van der Waals surface area contributed by atoms with E-state index >= 15 is 0 Å². The van der Waals surface area contributed by atoms with E-state index in [-0.39, 0.29) is 6.42 Å². The molecule has 0 aromatic carbocycles. The molecule has 0 fully saturated rings. The molecule has 1 atom stereocenters. The lowest BCUT2D eigenvalue weighted by atomic mass is 10.1. The second-order valence-corrected chi connectivity index (χ2v) is 5.74. The summed E-state index contributed by atoms with van der Waals surface area (Å²) in [7, 11) is -4.36. The minimum absolute atomic E-state index is 0.265. The Morgan fingerprint density at radius 1 is 1.31 bits per heavy atom. The third kappa shape index (κ3) is 3.52. The van der Waals surface area contributed by atoms with E-state index < -0.39 is 20.2 Å². The highest BCUT2D eigenvalue weighted by Gasteiger charge is 2.44. The van der Waals surface area contributed by atoms with Gasteiger partial charge >= 0.3 is 8.74 Å². The first kappa shape index (κ1) is 12.1. The van der Waals surface area contributed by atoms with Crippen molar-refractivity contribution in [2.75, 3.05) is 0 Å². The molecule has 0 radical (unpaired) electrons. The van der Waals surface area contributed by atoms with Crippen molar-refractivity contribution in [2.45, 2.75) is 31.9 Å². The van der Waals surface area contributed by atoms with Gasteiger partial charge in [0.1, 0.15) is 5.92 Å². The summed E-state index contributed by atoms with van der Waals surface area (Å²) in [5.74, 6) is -1.15. The summed E-state index contributed by atoms with van der Waals surface area (Å²) in [6.07, 6.45) is 0.850. The molecule has 0 aromatic heterocycles. The van der Waals surface area contributed by atoms with Crippen LogP contribution in [-0.2, 0) is 0 Å². The Hall–Kier alpha value is -0.943. The Bertz CT molecular complexity index is 222. The van der Waals surface area contributed by atoms with Gasteiger partial charge < -0.3 is 0 Å². The summed E-state index contributed by atoms with van der Waals surface area (Å²) in [5, 5.41) is 17.0. The number of nitriles is 2. The van der Waals surface area contributed by atoms with Gasteiger partial charge in [-0.3, -0.25) is 8.22 Å². The van der Waals surface area contributed by atoms with Gasteiger partial charge in [0.2, 0.25) is 0 Å². The number of hydrogen-bond donors (Lipinski definition) is 0. The van der Waals surface area contributed by atoms with Gasteiger partial charge in [-0.15, -0.1) is 0 Å². The quantitative estimate of drug-likeness (QED) is 0.520. The first-order valence-corrected chi connectivity index (χ1v) is 6.47. The van der Waals surface area contributed by atoms with Crippen molar-refractivity contribution in [1.29, 1.82) is 10.5 Å². The number of halogens is 2. The fraction of sp³-hybridized carbons (Fsp3) is 0.750. The maximum absolute atomic E-state index is 13.0. The molecular weight excluding hydrogens is 190 g/mol. The third-order valence-electron chi connectivity index (χ3n) is 1.93. The molecule has 0 aliphatic heterocycles. The molecule has 0 aromatic rings. The number of hydrogen-bond acceptors (Lipinski definition) is 2. The zero-order valence-electron chi connectivity index (χ0n) is 7.72. The highest BCUT2D eigenvalue weighted by molar-refractivity contribution is 6.66. The van der Waals surface area contributed by atoms with Crippen LogP contribution in [0.2, 0.25) is 12.1 Å². The van der Waals surface area contributed by atoms with Crippen LogP contribution in [0.5, 0.6) is 0 Å². The Labute approximate surface area is 78.1 Å². The Morgan fingerprint density at radius 2 is 1.77 bits per heavy atom. The molecule has 0 saturated heterocycles. The number of rotatable bonds is 4. The Balaban J connectivity index is 4.63. The van der Waals surface area contributed by atoms with Crippen LogP contribution >= 0.6 is 0 Å². The summed E-state index contributed by atoms with van der Waals surface area (Å²) >= 11 is 0. The number of nitrogens with zero attached hydrogens (tertiary/aromatic N) is 2. The molecule has 0 amide bonds. The maximum Gasteiger partial charge on any atom is 0.427 e. The molecule has 0 N–H and O–H groups in total. The molecule has 0 aliphatic rings. The van der Waals surface area contributed by atoms with Crippen LogP contribution in [0, 0.1) is 28.6 Å². The largest absolute Gasteiger partial charge is 0.427 e. The van der Waals surface area contributed by atoms with Gasteiger partial charge in [-0.05, 0) is 13.0 Å². The molecule has 0 heterocycles. The van der Waals surface area contributed by atoms with Crippen molar-refractivity contribution in [3.63, 3.8) is 0 Å². The van der Waals surface area contributed by atoms with Gasteiger partial charge in [0.05, 0.1) is 12.1 Å².